The van der Waals surface area contributed by atoms with E-state index < -0.39 is 34.9 Å². The number of ether oxygens (including phenoxy) is 2. The lowest BCUT2D eigenvalue weighted by Crippen LogP contribution is -2.24. The van der Waals surface area contributed by atoms with Gasteiger partial charge < -0.3 is 25.0 Å². The topological polar surface area (TPSA) is 88.0 Å². The second-order valence-corrected chi connectivity index (χ2v) is 11.0. The number of hydrogen-bond acceptors (Lipinski definition) is 6. The number of anilines is 1. The maximum Gasteiger partial charge on any atom is 0.314 e. The van der Waals surface area contributed by atoms with Gasteiger partial charge in [0, 0.05) is 22.2 Å². The smallest absolute Gasteiger partial charge is 0.314 e. The van der Waals surface area contributed by atoms with Crippen molar-refractivity contribution >= 4 is 34.6 Å². The fourth-order valence-electron chi connectivity index (χ4n) is 4.73. The SMILES string of the molecule is COc1cc(-c2sc(F)cc2NC(O)OC(C)c2cc(F)ccc2Cl)ccc1-c1ccc(C2(C(=O)O)CC2)cc1. The molecule has 0 bridgehead atoms. The van der Waals surface area contributed by atoms with Crippen LogP contribution in [-0.4, -0.2) is 29.7 Å². The van der Waals surface area contributed by atoms with Crippen molar-refractivity contribution in [1.29, 1.82) is 0 Å². The average molecular weight is 586 g/mol. The number of aliphatic carboxylic acids is 1. The van der Waals surface area contributed by atoms with Crippen LogP contribution in [0, 0.1) is 10.9 Å². The Hall–Kier alpha value is -3.50. The van der Waals surface area contributed by atoms with E-state index >= 15 is 0 Å². The van der Waals surface area contributed by atoms with Crippen LogP contribution in [0.5, 0.6) is 5.75 Å². The molecule has 1 fully saturated rings. The molecule has 4 aromatic rings. The molecule has 1 heterocycles. The van der Waals surface area contributed by atoms with Crippen molar-refractivity contribution in [3.05, 3.63) is 93.8 Å². The average Bonchev–Trinajstić information content (AvgIpc) is 3.67. The van der Waals surface area contributed by atoms with Crippen LogP contribution < -0.4 is 10.1 Å². The molecule has 40 heavy (non-hydrogen) atoms. The first-order valence-corrected chi connectivity index (χ1v) is 13.7. The maximum atomic E-state index is 14.4. The van der Waals surface area contributed by atoms with E-state index in [0.29, 0.717) is 45.3 Å². The summed E-state index contributed by atoms with van der Waals surface area (Å²) in [4.78, 5) is 12.2. The number of nitrogens with one attached hydrogen (secondary N) is 1. The van der Waals surface area contributed by atoms with Gasteiger partial charge in [0.2, 0.25) is 6.41 Å². The summed E-state index contributed by atoms with van der Waals surface area (Å²) in [5, 5.41) is 22.7. The third-order valence-corrected chi connectivity index (χ3v) is 8.40. The van der Waals surface area contributed by atoms with E-state index in [1.54, 1.807) is 13.0 Å². The first kappa shape index (κ1) is 28.0. The highest BCUT2D eigenvalue weighted by atomic mass is 35.5. The van der Waals surface area contributed by atoms with Crippen LogP contribution in [0.1, 0.15) is 37.0 Å². The molecule has 1 saturated carbocycles. The van der Waals surface area contributed by atoms with Crippen molar-refractivity contribution in [1.82, 2.24) is 0 Å². The zero-order valence-electron chi connectivity index (χ0n) is 21.6. The number of aliphatic hydroxyl groups is 1. The highest BCUT2D eigenvalue weighted by molar-refractivity contribution is 7.14. The number of carboxylic acids is 1. The van der Waals surface area contributed by atoms with Gasteiger partial charge in [0.25, 0.3) is 0 Å². The number of carboxylic acid groups (broad SMARTS) is 1. The van der Waals surface area contributed by atoms with Crippen molar-refractivity contribution in [3.63, 3.8) is 0 Å². The molecule has 0 aliphatic heterocycles. The Kier molecular flexibility index (Phi) is 7.83. The van der Waals surface area contributed by atoms with Gasteiger partial charge in [0.1, 0.15) is 11.6 Å². The van der Waals surface area contributed by atoms with Gasteiger partial charge in [-0.05, 0) is 60.7 Å². The van der Waals surface area contributed by atoms with Crippen LogP contribution in [0.4, 0.5) is 14.5 Å². The van der Waals surface area contributed by atoms with Gasteiger partial charge in [0.05, 0.1) is 29.2 Å². The molecule has 6 nitrogen and oxygen atoms in total. The number of thiophene rings is 1. The van der Waals surface area contributed by atoms with Crippen molar-refractivity contribution in [2.24, 2.45) is 0 Å². The Morgan fingerprint density at radius 1 is 1.05 bits per heavy atom. The third-order valence-electron chi connectivity index (χ3n) is 7.08. The Morgan fingerprint density at radius 2 is 1.75 bits per heavy atom. The number of hydrogen-bond donors (Lipinski definition) is 3. The highest BCUT2D eigenvalue weighted by Gasteiger charge is 2.51. The van der Waals surface area contributed by atoms with E-state index in [4.69, 9.17) is 21.1 Å². The second-order valence-electron chi connectivity index (χ2n) is 9.61. The molecule has 5 rings (SSSR count). The molecule has 0 radical (unpaired) electrons. The lowest BCUT2D eigenvalue weighted by atomic mass is 9.93. The van der Waals surface area contributed by atoms with Crippen LogP contribution in [0.2, 0.25) is 5.02 Å². The molecule has 0 spiro atoms. The summed E-state index contributed by atoms with van der Waals surface area (Å²) in [5.41, 5.74) is 2.93. The van der Waals surface area contributed by atoms with E-state index in [2.05, 4.69) is 5.32 Å². The summed E-state index contributed by atoms with van der Waals surface area (Å²) in [5.74, 6) is -0.757. The number of carbonyl (C=O) groups is 1. The standard InChI is InChI=1S/C30H26ClF2NO5S/c1-16(22-14-20(32)8-10-23(22)31)39-29(37)34-24-15-26(33)40-27(24)18-5-9-21(25(13-18)38-2)17-3-6-19(7-4-17)30(11-12-30)28(35)36/h3-10,13-16,29,34,37H,11-12H2,1-2H3,(H,35,36). The predicted molar refractivity (Wildman–Crippen MR) is 151 cm³/mol. The van der Waals surface area contributed by atoms with Crippen LogP contribution in [0.3, 0.4) is 0 Å². The van der Waals surface area contributed by atoms with Gasteiger partial charge in [-0.1, -0.05) is 48.0 Å². The molecule has 3 aromatic carbocycles. The predicted octanol–water partition coefficient (Wildman–Crippen LogP) is 7.60. The molecule has 3 N–H and O–H groups in total. The molecular formula is C30H26ClF2NO5S. The summed E-state index contributed by atoms with van der Waals surface area (Å²) in [6, 6.07) is 17.9. The van der Waals surface area contributed by atoms with Crippen LogP contribution >= 0.6 is 22.9 Å². The van der Waals surface area contributed by atoms with Crippen molar-refractivity contribution in [2.45, 2.75) is 37.7 Å². The number of halogens is 3. The van der Waals surface area contributed by atoms with E-state index in [-0.39, 0.29) is 0 Å². The molecule has 0 saturated heterocycles. The second kappa shape index (κ2) is 11.2. The summed E-state index contributed by atoms with van der Waals surface area (Å²) >= 11 is 7.03. The third kappa shape index (κ3) is 5.55. The summed E-state index contributed by atoms with van der Waals surface area (Å²) in [7, 11) is 1.53. The van der Waals surface area contributed by atoms with Gasteiger partial charge in [-0.25, -0.2) is 4.39 Å². The normalized spacial score (nSPS) is 15.3. The molecule has 1 aliphatic carbocycles. The van der Waals surface area contributed by atoms with Gasteiger partial charge in [-0.2, -0.15) is 4.39 Å². The van der Waals surface area contributed by atoms with E-state index in [0.717, 1.165) is 28.0 Å². The molecule has 10 heteroatoms. The van der Waals surface area contributed by atoms with E-state index in [1.807, 2.05) is 36.4 Å². The molecule has 208 valence electrons. The number of rotatable bonds is 10. The molecule has 1 aliphatic rings. The molecule has 2 atom stereocenters. The zero-order valence-corrected chi connectivity index (χ0v) is 23.2. The van der Waals surface area contributed by atoms with Gasteiger partial charge in [-0.15, -0.1) is 11.3 Å². The molecule has 1 aromatic heterocycles. The number of methoxy groups -OCH3 is 1. The summed E-state index contributed by atoms with van der Waals surface area (Å²) < 4.78 is 39.3. The zero-order chi connectivity index (χ0) is 28.6. The van der Waals surface area contributed by atoms with Crippen molar-refractivity contribution in [2.75, 3.05) is 12.4 Å². The first-order valence-electron chi connectivity index (χ1n) is 12.5. The Balaban J connectivity index is 1.36. The minimum atomic E-state index is -1.54. The lowest BCUT2D eigenvalue weighted by molar-refractivity contribution is -0.140. The Morgan fingerprint density at radius 3 is 2.40 bits per heavy atom. The van der Waals surface area contributed by atoms with E-state index in [9.17, 15) is 23.8 Å². The quantitative estimate of drug-likeness (QED) is 0.166. The van der Waals surface area contributed by atoms with Crippen LogP contribution in [0.25, 0.3) is 21.6 Å². The highest BCUT2D eigenvalue weighted by Crippen LogP contribution is 2.49. The fraction of sp³-hybridized carbons (Fsp3) is 0.233. The molecule has 2 unspecified atom stereocenters. The largest absolute Gasteiger partial charge is 0.496 e. The van der Waals surface area contributed by atoms with Gasteiger partial charge >= 0.3 is 5.97 Å². The fourth-order valence-corrected chi connectivity index (χ4v) is 5.85. The first-order chi connectivity index (χ1) is 19.1. The molecular weight excluding hydrogens is 560 g/mol. The number of aliphatic hydroxyl groups excluding tert-OH is 1. The Labute approximate surface area is 238 Å². The van der Waals surface area contributed by atoms with Crippen molar-refractivity contribution < 1.29 is 33.3 Å². The van der Waals surface area contributed by atoms with Crippen LogP contribution in [-0.2, 0) is 14.9 Å². The Bertz CT molecular complexity index is 1550. The monoisotopic (exact) mass is 585 g/mol. The van der Waals surface area contributed by atoms with Gasteiger partial charge in [-0.3, -0.25) is 4.79 Å². The molecule has 0 amide bonds. The number of benzene rings is 3. The summed E-state index contributed by atoms with van der Waals surface area (Å²) in [6.07, 6.45) is -1.04. The lowest BCUT2D eigenvalue weighted by Gasteiger charge is -2.21. The van der Waals surface area contributed by atoms with E-state index in [1.165, 1.54) is 31.4 Å². The maximum absolute atomic E-state index is 14.4. The minimum absolute atomic E-state index is 0.291. The van der Waals surface area contributed by atoms with Crippen molar-refractivity contribution in [3.8, 4) is 27.3 Å². The van der Waals surface area contributed by atoms with Crippen LogP contribution in [0.15, 0.2) is 66.7 Å². The minimum Gasteiger partial charge on any atom is -0.496 e. The van der Waals surface area contributed by atoms with Gasteiger partial charge in [0.15, 0.2) is 5.13 Å². The summed E-state index contributed by atoms with van der Waals surface area (Å²) in [6.45, 7) is 1.61.